The van der Waals surface area contributed by atoms with E-state index in [0.29, 0.717) is 18.9 Å². The summed E-state index contributed by atoms with van der Waals surface area (Å²) < 4.78 is 5.32. The Morgan fingerprint density at radius 1 is 1.44 bits per heavy atom. The van der Waals surface area contributed by atoms with E-state index in [2.05, 4.69) is 4.90 Å². The molecule has 2 saturated heterocycles. The molecule has 4 heteroatoms. The van der Waals surface area contributed by atoms with Crippen LogP contribution >= 0.6 is 0 Å². The maximum atomic E-state index is 11.5. The molecule has 0 aromatic carbocycles. The van der Waals surface area contributed by atoms with E-state index in [1.54, 1.807) is 6.92 Å². The lowest BCUT2D eigenvalue weighted by Gasteiger charge is -2.29. The molecule has 92 valence electrons. The smallest absolute Gasteiger partial charge is 0.146 e. The van der Waals surface area contributed by atoms with E-state index in [4.69, 9.17) is 4.74 Å². The third kappa shape index (κ3) is 2.81. The van der Waals surface area contributed by atoms with Crippen molar-refractivity contribution in [1.29, 1.82) is 0 Å². The Hall–Kier alpha value is -0.450. The van der Waals surface area contributed by atoms with Gasteiger partial charge < -0.3 is 9.84 Å². The molecular formula is C12H21NO3. The summed E-state index contributed by atoms with van der Waals surface area (Å²) in [7, 11) is 0. The molecule has 0 saturated carbocycles. The first-order valence-corrected chi connectivity index (χ1v) is 6.17. The van der Waals surface area contributed by atoms with Crippen LogP contribution < -0.4 is 0 Å². The minimum absolute atomic E-state index is 0.0576. The molecule has 2 aliphatic heterocycles. The number of aliphatic hydroxyl groups excluding tert-OH is 1. The fourth-order valence-electron chi connectivity index (χ4n) is 2.76. The monoisotopic (exact) mass is 227 g/mol. The summed E-state index contributed by atoms with van der Waals surface area (Å²) in [5, 5.41) is 9.63. The Balaban J connectivity index is 1.89. The summed E-state index contributed by atoms with van der Waals surface area (Å²) in [5.41, 5.74) is 0. The standard InChI is InChI=1S/C12H21NO3/c1-9(14)12-6-11(15)8-13(12)7-10-2-4-16-5-3-10/h10-12,15H,2-8H2,1H3/t11-,12-/m0/s1. The molecule has 2 fully saturated rings. The molecule has 2 aliphatic rings. The van der Waals surface area contributed by atoms with Crippen LogP contribution in [0.1, 0.15) is 26.2 Å². The fourth-order valence-corrected chi connectivity index (χ4v) is 2.76. The van der Waals surface area contributed by atoms with Crippen molar-refractivity contribution < 1.29 is 14.6 Å². The summed E-state index contributed by atoms with van der Waals surface area (Å²) in [6, 6.07) is -0.0576. The number of ether oxygens (including phenoxy) is 1. The zero-order chi connectivity index (χ0) is 11.5. The van der Waals surface area contributed by atoms with Gasteiger partial charge in [-0.1, -0.05) is 0 Å². The summed E-state index contributed by atoms with van der Waals surface area (Å²) in [6.45, 7) is 4.89. The van der Waals surface area contributed by atoms with Gasteiger partial charge in [0, 0.05) is 26.3 Å². The first-order valence-electron chi connectivity index (χ1n) is 6.17. The van der Waals surface area contributed by atoms with Crippen molar-refractivity contribution in [2.75, 3.05) is 26.3 Å². The van der Waals surface area contributed by atoms with Crippen LogP contribution in [0.4, 0.5) is 0 Å². The largest absolute Gasteiger partial charge is 0.392 e. The predicted octanol–water partition coefficient (Wildman–Crippen LogP) is 0.437. The molecule has 4 nitrogen and oxygen atoms in total. The second kappa shape index (κ2) is 5.25. The lowest BCUT2D eigenvalue weighted by molar-refractivity contribution is -0.121. The quantitative estimate of drug-likeness (QED) is 0.760. The van der Waals surface area contributed by atoms with Gasteiger partial charge in [-0.2, -0.15) is 0 Å². The number of β-amino-alcohol motifs (C(OH)–C–C–N with tert-alkyl or cyclic N) is 1. The van der Waals surface area contributed by atoms with Crippen molar-refractivity contribution in [2.45, 2.75) is 38.3 Å². The number of carbonyl (C=O) groups excluding carboxylic acids is 1. The van der Waals surface area contributed by atoms with Gasteiger partial charge in [0.2, 0.25) is 0 Å². The van der Waals surface area contributed by atoms with Gasteiger partial charge in [0.1, 0.15) is 5.78 Å². The lowest BCUT2D eigenvalue weighted by Crippen LogP contribution is -2.39. The van der Waals surface area contributed by atoms with Gasteiger partial charge >= 0.3 is 0 Å². The number of hydrogen-bond donors (Lipinski definition) is 1. The van der Waals surface area contributed by atoms with Gasteiger partial charge in [0.05, 0.1) is 12.1 Å². The van der Waals surface area contributed by atoms with Crippen molar-refractivity contribution in [3.63, 3.8) is 0 Å². The van der Waals surface area contributed by atoms with Crippen LogP contribution in [0, 0.1) is 5.92 Å². The van der Waals surface area contributed by atoms with Gasteiger partial charge in [-0.25, -0.2) is 0 Å². The van der Waals surface area contributed by atoms with E-state index in [1.165, 1.54) is 0 Å². The first kappa shape index (κ1) is 12.0. The Labute approximate surface area is 96.6 Å². The molecule has 0 amide bonds. The number of carbonyl (C=O) groups is 1. The summed E-state index contributed by atoms with van der Waals surface area (Å²) in [5.74, 6) is 0.810. The van der Waals surface area contributed by atoms with Crippen molar-refractivity contribution in [3.05, 3.63) is 0 Å². The Morgan fingerprint density at radius 3 is 2.75 bits per heavy atom. The van der Waals surface area contributed by atoms with Crippen LogP contribution in [0.5, 0.6) is 0 Å². The van der Waals surface area contributed by atoms with E-state index in [9.17, 15) is 9.90 Å². The predicted molar refractivity (Wildman–Crippen MR) is 60.2 cm³/mol. The molecule has 0 unspecified atom stereocenters. The molecular weight excluding hydrogens is 206 g/mol. The zero-order valence-electron chi connectivity index (χ0n) is 9.89. The van der Waals surface area contributed by atoms with Gasteiger partial charge in [-0.15, -0.1) is 0 Å². The summed E-state index contributed by atoms with van der Waals surface area (Å²) >= 11 is 0. The minimum atomic E-state index is -0.325. The number of ketones is 1. The maximum Gasteiger partial charge on any atom is 0.146 e. The van der Waals surface area contributed by atoms with E-state index in [1.807, 2.05) is 0 Å². The fraction of sp³-hybridized carbons (Fsp3) is 0.917. The number of aliphatic hydroxyl groups is 1. The molecule has 0 bridgehead atoms. The molecule has 0 spiro atoms. The number of nitrogens with zero attached hydrogens (tertiary/aromatic N) is 1. The van der Waals surface area contributed by atoms with Gasteiger partial charge in [-0.3, -0.25) is 9.69 Å². The average molecular weight is 227 g/mol. The zero-order valence-corrected chi connectivity index (χ0v) is 9.89. The van der Waals surface area contributed by atoms with Crippen LogP contribution in [0.15, 0.2) is 0 Å². The van der Waals surface area contributed by atoms with Crippen molar-refractivity contribution >= 4 is 5.78 Å². The lowest BCUT2D eigenvalue weighted by atomic mass is 9.99. The number of Topliss-reactive ketones (excluding diaryl/α,β-unsaturated/α-hetero) is 1. The summed E-state index contributed by atoms with van der Waals surface area (Å²) in [6.07, 6.45) is 2.45. The number of rotatable bonds is 3. The minimum Gasteiger partial charge on any atom is -0.392 e. The van der Waals surface area contributed by atoms with Crippen molar-refractivity contribution in [1.82, 2.24) is 4.90 Å². The van der Waals surface area contributed by atoms with Gasteiger partial charge in [-0.05, 0) is 32.1 Å². The average Bonchev–Trinajstić information content (AvgIpc) is 2.61. The SMILES string of the molecule is CC(=O)[C@@H]1C[C@H](O)CN1CC1CCOCC1. The topological polar surface area (TPSA) is 49.8 Å². The normalized spacial score (nSPS) is 33.1. The van der Waals surface area contributed by atoms with E-state index >= 15 is 0 Å². The molecule has 1 N–H and O–H groups in total. The van der Waals surface area contributed by atoms with Crippen LogP contribution in [-0.2, 0) is 9.53 Å². The highest BCUT2D eigenvalue weighted by molar-refractivity contribution is 5.81. The Bertz CT molecular complexity index is 251. The van der Waals surface area contributed by atoms with Crippen LogP contribution in [0.25, 0.3) is 0 Å². The van der Waals surface area contributed by atoms with Crippen LogP contribution in [-0.4, -0.2) is 54.2 Å². The van der Waals surface area contributed by atoms with E-state index in [-0.39, 0.29) is 17.9 Å². The molecule has 0 aliphatic carbocycles. The molecule has 2 heterocycles. The van der Waals surface area contributed by atoms with E-state index < -0.39 is 0 Å². The van der Waals surface area contributed by atoms with Crippen molar-refractivity contribution in [3.8, 4) is 0 Å². The van der Waals surface area contributed by atoms with Gasteiger partial charge in [0.15, 0.2) is 0 Å². The van der Waals surface area contributed by atoms with Gasteiger partial charge in [0.25, 0.3) is 0 Å². The van der Waals surface area contributed by atoms with Crippen LogP contribution in [0.3, 0.4) is 0 Å². The van der Waals surface area contributed by atoms with Crippen molar-refractivity contribution in [2.24, 2.45) is 5.92 Å². The van der Waals surface area contributed by atoms with Crippen LogP contribution in [0.2, 0.25) is 0 Å². The molecule has 0 radical (unpaired) electrons. The third-order valence-corrected chi connectivity index (χ3v) is 3.68. The first-order chi connectivity index (χ1) is 7.66. The molecule has 2 atom stereocenters. The summed E-state index contributed by atoms with van der Waals surface area (Å²) in [4.78, 5) is 13.6. The second-order valence-corrected chi connectivity index (χ2v) is 5.03. The maximum absolute atomic E-state index is 11.5. The Morgan fingerprint density at radius 2 is 2.12 bits per heavy atom. The highest BCUT2D eigenvalue weighted by Gasteiger charge is 2.35. The van der Waals surface area contributed by atoms with E-state index in [0.717, 1.165) is 32.6 Å². The Kier molecular flexibility index (Phi) is 3.95. The molecule has 2 rings (SSSR count). The molecule has 16 heavy (non-hydrogen) atoms. The molecule has 0 aromatic rings. The highest BCUT2D eigenvalue weighted by atomic mass is 16.5. The second-order valence-electron chi connectivity index (χ2n) is 5.03. The number of likely N-dealkylation sites (tertiary alicyclic amines) is 1. The number of hydrogen-bond acceptors (Lipinski definition) is 4. The molecule has 0 aromatic heterocycles. The third-order valence-electron chi connectivity index (χ3n) is 3.68. The highest BCUT2D eigenvalue weighted by Crippen LogP contribution is 2.23.